The predicted octanol–water partition coefficient (Wildman–Crippen LogP) is 4.88. The number of ether oxygens (including phenoxy) is 5. The number of phenolic OH excluding ortho intramolecular Hbond substituents is 1. The molecule has 0 radical (unpaired) electrons. The van der Waals surface area contributed by atoms with Gasteiger partial charge in [0.25, 0.3) is 0 Å². The van der Waals surface area contributed by atoms with Crippen LogP contribution < -0.4 is 0 Å². The van der Waals surface area contributed by atoms with Gasteiger partial charge in [-0.05, 0) is 85.2 Å². The molecule has 2 fully saturated rings. The highest BCUT2D eigenvalue weighted by Gasteiger charge is 2.60. The number of cyclic esters (lactones) is 1. The van der Waals surface area contributed by atoms with Gasteiger partial charge in [-0.1, -0.05) is 45.9 Å². The highest BCUT2D eigenvalue weighted by molar-refractivity contribution is 5.88. The molecule has 12 nitrogen and oxygen atoms in total. The lowest BCUT2D eigenvalue weighted by Gasteiger charge is -2.47. The van der Waals surface area contributed by atoms with Crippen LogP contribution in [0.5, 0.6) is 5.75 Å². The highest BCUT2D eigenvalue weighted by atomic mass is 16.7. The Morgan fingerprint density at radius 2 is 1.71 bits per heavy atom. The topological polar surface area (TPSA) is 144 Å². The number of aliphatic hydroxyl groups excluding tert-OH is 1. The molecule has 0 spiro atoms. The number of hydrogen-bond acceptors (Lipinski definition) is 11. The number of carbonyl (C=O) groups is 3. The molecule has 2 saturated heterocycles. The average Bonchev–Trinajstić information content (AvgIpc) is 3.34. The van der Waals surface area contributed by atoms with E-state index in [1.165, 1.54) is 0 Å². The lowest BCUT2D eigenvalue weighted by atomic mass is 9.74. The molecule has 1 amide bonds. The van der Waals surface area contributed by atoms with Gasteiger partial charge in [-0.3, -0.25) is 9.69 Å². The second-order valence-electron chi connectivity index (χ2n) is 15.6. The first-order chi connectivity index (χ1) is 23.9. The van der Waals surface area contributed by atoms with E-state index in [2.05, 4.69) is 0 Å². The molecule has 12 atom stereocenters. The van der Waals surface area contributed by atoms with Crippen molar-refractivity contribution in [3.63, 3.8) is 0 Å². The Morgan fingerprint density at radius 3 is 2.29 bits per heavy atom. The molecule has 0 aliphatic carbocycles. The summed E-state index contributed by atoms with van der Waals surface area (Å²) in [6, 6.07) is 5.80. The number of carbonyl (C=O) groups excluding carboxylic acids is 3. The Balaban J connectivity index is 1.76. The van der Waals surface area contributed by atoms with Gasteiger partial charge in [0.15, 0.2) is 11.9 Å². The molecule has 2 N–H and O–H groups in total. The average molecular weight is 717 g/mol. The van der Waals surface area contributed by atoms with Gasteiger partial charge in [-0.25, -0.2) is 9.59 Å². The van der Waals surface area contributed by atoms with E-state index in [1.807, 2.05) is 53.6 Å². The standard InChI is InChI=1S/C39H60N2O10/c1-12-30-39(8)33(41(37(46)51-39)18-17-27-13-15-28(42)16-14-27)26(6)31(43)24(4)21-38(7,47-11)34(22(2)19-23(3)35(45)49-30)50-36-32(44)29(40(9)10)20-25(5)48-36/h13-16,19,22,24-26,29-30,32-34,36,42,44H,12,17-18,20-21H2,1-11H3/b23-19+/t22-,24+,25+,26-,29-,30?,32+,33+,34+,36-,38+,39+/m0/s1. The summed E-state index contributed by atoms with van der Waals surface area (Å²) in [5.74, 6) is -2.25. The monoisotopic (exact) mass is 716 g/mol. The fourth-order valence-corrected chi connectivity index (χ4v) is 8.52. The zero-order chi connectivity index (χ0) is 38.0. The van der Waals surface area contributed by atoms with Crippen molar-refractivity contribution in [2.75, 3.05) is 27.7 Å². The number of nitrogens with zero attached hydrogens (tertiary/aromatic N) is 2. The molecule has 0 bridgehead atoms. The lowest BCUT2D eigenvalue weighted by molar-refractivity contribution is -0.294. The van der Waals surface area contributed by atoms with Crippen LogP contribution in [0.2, 0.25) is 0 Å². The van der Waals surface area contributed by atoms with Crippen LogP contribution in [0.3, 0.4) is 0 Å². The number of phenols is 1. The van der Waals surface area contributed by atoms with E-state index in [9.17, 15) is 24.6 Å². The molecule has 0 saturated carbocycles. The van der Waals surface area contributed by atoms with Gasteiger partial charge >= 0.3 is 12.1 Å². The summed E-state index contributed by atoms with van der Waals surface area (Å²) >= 11 is 0. The van der Waals surface area contributed by atoms with Gasteiger partial charge < -0.3 is 38.8 Å². The van der Waals surface area contributed by atoms with Crippen LogP contribution in [0.15, 0.2) is 35.9 Å². The van der Waals surface area contributed by atoms with Crippen molar-refractivity contribution in [2.24, 2.45) is 17.8 Å². The summed E-state index contributed by atoms with van der Waals surface area (Å²) in [7, 11) is 5.38. The second-order valence-corrected chi connectivity index (χ2v) is 15.6. The van der Waals surface area contributed by atoms with Crippen LogP contribution >= 0.6 is 0 Å². The lowest BCUT2D eigenvalue weighted by Crippen LogP contribution is -2.59. The number of benzene rings is 1. The minimum atomic E-state index is -1.33. The van der Waals surface area contributed by atoms with Gasteiger partial charge in [0.05, 0.1) is 23.9 Å². The van der Waals surface area contributed by atoms with Crippen molar-refractivity contribution in [3.8, 4) is 5.75 Å². The molecule has 3 aliphatic heterocycles. The van der Waals surface area contributed by atoms with Crippen molar-refractivity contribution >= 4 is 17.8 Å². The van der Waals surface area contributed by atoms with Crippen LogP contribution in [0.25, 0.3) is 0 Å². The smallest absolute Gasteiger partial charge is 0.410 e. The summed E-state index contributed by atoms with van der Waals surface area (Å²) in [5.41, 5.74) is -1.17. The summed E-state index contributed by atoms with van der Waals surface area (Å²) in [4.78, 5) is 45.6. The first kappa shape index (κ1) is 40.7. The number of esters is 1. The molecule has 1 aromatic rings. The minimum absolute atomic E-state index is 0.103. The zero-order valence-corrected chi connectivity index (χ0v) is 32.3. The largest absolute Gasteiger partial charge is 0.508 e. The Kier molecular flexibility index (Phi) is 13.0. The quantitative estimate of drug-likeness (QED) is 0.356. The van der Waals surface area contributed by atoms with Crippen LogP contribution in [-0.2, 0) is 39.7 Å². The predicted molar refractivity (Wildman–Crippen MR) is 191 cm³/mol. The molecular formula is C39H60N2O10. The Bertz CT molecular complexity index is 1420. The maximum absolute atomic E-state index is 14.6. The number of amides is 1. The molecule has 0 aromatic heterocycles. The molecule has 286 valence electrons. The fourth-order valence-electron chi connectivity index (χ4n) is 8.52. The van der Waals surface area contributed by atoms with E-state index in [1.54, 1.807) is 63.1 Å². The Morgan fingerprint density at radius 1 is 1.06 bits per heavy atom. The number of likely N-dealkylation sites (N-methyl/N-ethyl adjacent to an activating group) is 1. The molecule has 4 rings (SSSR count). The third kappa shape index (κ3) is 8.62. The summed E-state index contributed by atoms with van der Waals surface area (Å²) in [6.45, 7) is 14.9. The SMILES string of the molecule is CCC1OC(=O)/C(C)=C/[C@H](C)[C@@H](O[C@@H]2O[C@H](C)C[C@H](N(C)C)[C@H]2O)[C@](C)(OC)C[C@@H](C)C(=O)[C@H](C)[C@H]2N(CCc3ccc(O)cc3)C(=O)O[C@]12C. The van der Waals surface area contributed by atoms with Crippen molar-refractivity contribution < 1.29 is 48.3 Å². The van der Waals surface area contributed by atoms with Gasteiger partial charge in [0.1, 0.15) is 23.7 Å². The van der Waals surface area contributed by atoms with Gasteiger partial charge in [-0.2, -0.15) is 0 Å². The maximum atomic E-state index is 14.6. The van der Waals surface area contributed by atoms with E-state index in [-0.39, 0.29) is 36.6 Å². The Labute approximate surface area is 303 Å². The van der Waals surface area contributed by atoms with Gasteiger partial charge in [0.2, 0.25) is 0 Å². The third-order valence-electron chi connectivity index (χ3n) is 11.4. The number of aromatic hydroxyl groups is 1. The number of hydrogen-bond donors (Lipinski definition) is 2. The zero-order valence-electron chi connectivity index (χ0n) is 32.3. The first-order valence-electron chi connectivity index (χ1n) is 18.3. The van der Waals surface area contributed by atoms with Crippen LogP contribution in [0, 0.1) is 17.8 Å². The molecule has 12 heteroatoms. The number of ketones is 1. The summed E-state index contributed by atoms with van der Waals surface area (Å²) < 4.78 is 31.3. The van der Waals surface area contributed by atoms with Crippen molar-refractivity contribution in [1.29, 1.82) is 0 Å². The number of methoxy groups -OCH3 is 1. The van der Waals surface area contributed by atoms with Crippen molar-refractivity contribution in [1.82, 2.24) is 9.80 Å². The molecule has 1 unspecified atom stereocenters. The van der Waals surface area contributed by atoms with Crippen molar-refractivity contribution in [3.05, 3.63) is 41.5 Å². The molecule has 1 aromatic carbocycles. The normalized spacial score (nSPS) is 39.5. The highest BCUT2D eigenvalue weighted by Crippen LogP contribution is 2.43. The van der Waals surface area contributed by atoms with E-state index in [0.717, 1.165) is 5.56 Å². The summed E-state index contributed by atoms with van der Waals surface area (Å²) in [5, 5.41) is 21.1. The molecular weight excluding hydrogens is 656 g/mol. The van der Waals surface area contributed by atoms with E-state index in [4.69, 9.17) is 23.7 Å². The number of Topliss-reactive ketones (excluding diaryl/α,β-unsaturated/α-hetero) is 1. The van der Waals surface area contributed by atoms with Crippen molar-refractivity contribution in [2.45, 2.75) is 135 Å². The number of fused-ring (bicyclic) bond motifs is 1. The third-order valence-corrected chi connectivity index (χ3v) is 11.4. The molecule has 3 aliphatic rings. The van der Waals surface area contributed by atoms with Crippen LogP contribution in [0.4, 0.5) is 4.79 Å². The van der Waals surface area contributed by atoms with Crippen LogP contribution in [-0.4, -0.2) is 120 Å². The second kappa shape index (κ2) is 16.3. The fraction of sp³-hybridized carbons (Fsp3) is 0.718. The Hall–Kier alpha value is -3.03. The van der Waals surface area contributed by atoms with E-state index >= 15 is 0 Å². The minimum Gasteiger partial charge on any atom is -0.508 e. The number of rotatable bonds is 8. The van der Waals surface area contributed by atoms with Gasteiger partial charge in [-0.15, -0.1) is 0 Å². The van der Waals surface area contributed by atoms with E-state index in [0.29, 0.717) is 24.8 Å². The number of aliphatic hydroxyl groups is 1. The summed E-state index contributed by atoms with van der Waals surface area (Å²) in [6.07, 6.45) is -0.875. The van der Waals surface area contributed by atoms with Crippen LogP contribution in [0.1, 0.15) is 80.2 Å². The first-order valence-corrected chi connectivity index (χ1v) is 18.3. The maximum Gasteiger partial charge on any atom is 0.410 e. The van der Waals surface area contributed by atoms with Gasteiger partial charge in [0, 0.05) is 43.0 Å². The molecule has 51 heavy (non-hydrogen) atoms. The van der Waals surface area contributed by atoms with E-state index < -0.39 is 71.7 Å². The molecule has 3 heterocycles.